The third kappa shape index (κ3) is 4.42. The molecule has 0 bridgehead atoms. The van der Waals surface area contributed by atoms with Crippen molar-refractivity contribution in [3.8, 4) is 0 Å². The molecule has 3 amide bonds. The van der Waals surface area contributed by atoms with Crippen molar-refractivity contribution in [1.82, 2.24) is 15.1 Å². The molecule has 32 heavy (non-hydrogen) atoms. The molecule has 0 spiro atoms. The number of ether oxygens (including phenoxy) is 1. The molecule has 2 heterocycles. The highest BCUT2D eigenvalue weighted by molar-refractivity contribution is 6.22. The molecule has 2 aliphatic heterocycles. The molecule has 2 aliphatic rings. The van der Waals surface area contributed by atoms with Gasteiger partial charge < -0.3 is 15.0 Å². The Morgan fingerprint density at radius 1 is 1.16 bits per heavy atom. The van der Waals surface area contributed by atoms with Gasteiger partial charge >= 0.3 is 0 Å². The van der Waals surface area contributed by atoms with Crippen LogP contribution in [0.4, 0.5) is 4.39 Å². The second kappa shape index (κ2) is 9.18. The first-order valence-electron chi connectivity index (χ1n) is 10.7. The average Bonchev–Trinajstić information content (AvgIpc) is 3.37. The minimum atomic E-state index is -0.396. The van der Waals surface area contributed by atoms with E-state index in [1.807, 2.05) is 19.0 Å². The van der Waals surface area contributed by atoms with Gasteiger partial charge in [-0.05, 0) is 62.8 Å². The van der Waals surface area contributed by atoms with E-state index < -0.39 is 5.91 Å². The highest BCUT2D eigenvalue weighted by Crippen LogP contribution is 2.26. The highest BCUT2D eigenvalue weighted by atomic mass is 19.1. The molecule has 1 N–H and O–H groups in total. The van der Waals surface area contributed by atoms with Gasteiger partial charge in [-0.15, -0.1) is 0 Å². The number of amides is 3. The third-order valence-corrected chi connectivity index (χ3v) is 5.98. The third-order valence-electron chi connectivity index (χ3n) is 5.98. The van der Waals surface area contributed by atoms with E-state index in [1.165, 1.54) is 29.2 Å². The van der Waals surface area contributed by atoms with Gasteiger partial charge in [-0.3, -0.25) is 19.3 Å². The van der Waals surface area contributed by atoms with Gasteiger partial charge in [0.2, 0.25) is 0 Å². The van der Waals surface area contributed by atoms with Crippen LogP contribution in [0.25, 0.3) is 0 Å². The van der Waals surface area contributed by atoms with E-state index in [9.17, 15) is 18.8 Å². The van der Waals surface area contributed by atoms with Gasteiger partial charge in [0.1, 0.15) is 5.82 Å². The van der Waals surface area contributed by atoms with Crippen LogP contribution in [0, 0.1) is 5.82 Å². The summed E-state index contributed by atoms with van der Waals surface area (Å²) in [6.07, 6.45) is 1.61. The Morgan fingerprint density at radius 3 is 2.53 bits per heavy atom. The van der Waals surface area contributed by atoms with Gasteiger partial charge in [0.05, 0.1) is 29.8 Å². The molecule has 2 atom stereocenters. The lowest BCUT2D eigenvalue weighted by atomic mass is 10.0. The quantitative estimate of drug-likeness (QED) is 0.671. The summed E-state index contributed by atoms with van der Waals surface area (Å²) in [5, 5.41) is 2.88. The lowest BCUT2D eigenvalue weighted by Gasteiger charge is -2.25. The lowest BCUT2D eigenvalue weighted by Crippen LogP contribution is -2.36. The summed E-state index contributed by atoms with van der Waals surface area (Å²) in [5.74, 6) is -1.41. The summed E-state index contributed by atoms with van der Waals surface area (Å²) in [4.78, 5) is 41.4. The van der Waals surface area contributed by atoms with Crippen molar-refractivity contribution in [3.63, 3.8) is 0 Å². The van der Waals surface area contributed by atoms with E-state index in [0.717, 1.165) is 18.4 Å². The highest BCUT2D eigenvalue weighted by Gasteiger charge is 2.38. The first-order valence-corrected chi connectivity index (χ1v) is 10.7. The predicted octanol–water partition coefficient (Wildman–Crippen LogP) is 2.63. The number of nitrogens with zero attached hydrogens (tertiary/aromatic N) is 2. The molecule has 2 aromatic rings. The monoisotopic (exact) mass is 439 g/mol. The van der Waals surface area contributed by atoms with Crippen molar-refractivity contribution < 1.29 is 23.5 Å². The molecule has 0 radical (unpaired) electrons. The number of likely N-dealkylation sites (N-methyl/N-ethyl adjacent to an activating group) is 1. The Balaban J connectivity index is 1.45. The molecule has 0 saturated carbocycles. The smallest absolute Gasteiger partial charge is 0.261 e. The van der Waals surface area contributed by atoms with Gasteiger partial charge in [-0.2, -0.15) is 0 Å². The van der Waals surface area contributed by atoms with Crippen molar-refractivity contribution in [2.45, 2.75) is 25.0 Å². The Hall–Kier alpha value is -3.10. The molecule has 0 aliphatic carbocycles. The Labute approximate surface area is 186 Å². The summed E-state index contributed by atoms with van der Waals surface area (Å²) in [6, 6.07) is 10.6. The molecule has 8 heteroatoms. The molecule has 7 nitrogen and oxygen atoms in total. The van der Waals surface area contributed by atoms with Gasteiger partial charge in [-0.25, -0.2) is 4.39 Å². The molecule has 1 fully saturated rings. The summed E-state index contributed by atoms with van der Waals surface area (Å²) in [6.45, 7) is 1.17. The fourth-order valence-corrected chi connectivity index (χ4v) is 4.16. The number of hydrogen-bond acceptors (Lipinski definition) is 5. The zero-order valence-corrected chi connectivity index (χ0v) is 18.1. The molecule has 2 aromatic carbocycles. The summed E-state index contributed by atoms with van der Waals surface area (Å²) < 4.78 is 18.8. The molecular weight excluding hydrogens is 413 g/mol. The standard InChI is InChI=1S/C24H26FN3O4/c1-27(2)21(15-5-8-17(25)9-6-15)13-26-22(29)16-7-10-19-20(12-16)24(31)28(23(19)30)14-18-4-3-11-32-18/h5-10,12,18,21H,3-4,11,13-14H2,1-2H3,(H,26,29). The maximum absolute atomic E-state index is 13.3. The molecule has 1 saturated heterocycles. The number of benzene rings is 2. The van der Waals surface area contributed by atoms with Crippen molar-refractivity contribution in [3.05, 3.63) is 70.5 Å². The second-order valence-corrected chi connectivity index (χ2v) is 8.36. The number of rotatable bonds is 7. The predicted molar refractivity (Wildman–Crippen MR) is 116 cm³/mol. The van der Waals surface area contributed by atoms with E-state index in [0.29, 0.717) is 24.3 Å². The fraction of sp³-hybridized carbons (Fsp3) is 0.375. The van der Waals surface area contributed by atoms with E-state index >= 15 is 0 Å². The van der Waals surface area contributed by atoms with Crippen LogP contribution in [-0.4, -0.2) is 67.4 Å². The van der Waals surface area contributed by atoms with E-state index in [4.69, 9.17) is 4.74 Å². The number of halogens is 1. The summed E-state index contributed by atoms with van der Waals surface area (Å²) >= 11 is 0. The number of hydrogen-bond donors (Lipinski definition) is 1. The minimum Gasteiger partial charge on any atom is -0.376 e. The average molecular weight is 439 g/mol. The molecule has 168 valence electrons. The SMILES string of the molecule is CN(C)C(CNC(=O)c1ccc2c(c1)C(=O)N(CC1CCCO1)C2=O)c1ccc(F)cc1. The normalized spacial score (nSPS) is 18.9. The van der Waals surface area contributed by atoms with Crippen LogP contribution >= 0.6 is 0 Å². The maximum atomic E-state index is 13.3. The lowest BCUT2D eigenvalue weighted by molar-refractivity contribution is 0.0475. The summed E-state index contributed by atoms with van der Waals surface area (Å²) in [5.41, 5.74) is 1.72. The molecule has 0 aromatic heterocycles. The Morgan fingerprint density at radius 2 is 1.88 bits per heavy atom. The van der Waals surface area contributed by atoms with Crippen LogP contribution in [0.5, 0.6) is 0 Å². The van der Waals surface area contributed by atoms with Crippen molar-refractivity contribution in [1.29, 1.82) is 0 Å². The molecular formula is C24H26FN3O4. The largest absolute Gasteiger partial charge is 0.376 e. The van der Waals surface area contributed by atoms with Crippen LogP contribution in [0.2, 0.25) is 0 Å². The Kier molecular flexibility index (Phi) is 6.34. The molecule has 2 unspecified atom stereocenters. The maximum Gasteiger partial charge on any atom is 0.261 e. The van der Waals surface area contributed by atoms with E-state index in [-0.39, 0.29) is 41.9 Å². The van der Waals surface area contributed by atoms with Gasteiger partial charge in [0.15, 0.2) is 0 Å². The summed E-state index contributed by atoms with van der Waals surface area (Å²) in [7, 11) is 3.75. The number of carbonyl (C=O) groups excluding carboxylic acids is 3. The molecule has 4 rings (SSSR count). The van der Waals surface area contributed by atoms with Crippen molar-refractivity contribution in [2.75, 3.05) is 33.8 Å². The van der Waals surface area contributed by atoms with Gasteiger partial charge in [0, 0.05) is 18.7 Å². The van der Waals surface area contributed by atoms with Crippen molar-refractivity contribution >= 4 is 17.7 Å². The van der Waals surface area contributed by atoms with Gasteiger partial charge in [-0.1, -0.05) is 12.1 Å². The van der Waals surface area contributed by atoms with Crippen LogP contribution in [0.1, 0.15) is 55.5 Å². The fourth-order valence-electron chi connectivity index (χ4n) is 4.16. The number of carbonyl (C=O) groups is 3. The van der Waals surface area contributed by atoms with Crippen LogP contribution in [0.15, 0.2) is 42.5 Å². The second-order valence-electron chi connectivity index (χ2n) is 8.36. The zero-order chi connectivity index (χ0) is 22.8. The number of nitrogens with one attached hydrogen (secondary N) is 1. The minimum absolute atomic E-state index is 0.130. The number of imide groups is 1. The van der Waals surface area contributed by atoms with Crippen LogP contribution in [-0.2, 0) is 4.74 Å². The first kappa shape index (κ1) is 22.1. The van der Waals surface area contributed by atoms with Crippen LogP contribution in [0.3, 0.4) is 0 Å². The zero-order valence-electron chi connectivity index (χ0n) is 18.1. The van der Waals surface area contributed by atoms with Crippen molar-refractivity contribution in [2.24, 2.45) is 0 Å². The Bertz CT molecular complexity index is 1030. The van der Waals surface area contributed by atoms with Gasteiger partial charge in [0.25, 0.3) is 17.7 Å². The number of fused-ring (bicyclic) bond motifs is 1. The van der Waals surface area contributed by atoms with Crippen LogP contribution < -0.4 is 5.32 Å². The van der Waals surface area contributed by atoms with E-state index in [2.05, 4.69) is 5.32 Å². The first-order chi connectivity index (χ1) is 15.3. The van der Waals surface area contributed by atoms with E-state index in [1.54, 1.807) is 18.2 Å². The topological polar surface area (TPSA) is 79.0 Å².